The first-order chi connectivity index (χ1) is 8.61. The van der Waals surface area contributed by atoms with E-state index >= 15 is 0 Å². The highest BCUT2D eigenvalue weighted by atomic mass is 16.1. The van der Waals surface area contributed by atoms with Crippen molar-refractivity contribution in [3.8, 4) is 0 Å². The Morgan fingerprint density at radius 2 is 2.00 bits per heavy atom. The van der Waals surface area contributed by atoms with E-state index in [1.54, 1.807) is 0 Å². The van der Waals surface area contributed by atoms with Crippen molar-refractivity contribution >= 4 is 16.6 Å². The molecule has 0 aliphatic carbocycles. The molecule has 1 heterocycles. The Hall–Kier alpha value is -1.77. The van der Waals surface area contributed by atoms with Crippen LogP contribution in [0.2, 0.25) is 0 Å². The summed E-state index contributed by atoms with van der Waals surface area (Å²) in [5, 5.41) is 5.12. The number of hydrogen-bond donors (Lipinski definition) is 2. The van der Waals surface area contributed by atoms with Crippen LogP contribution in [0.5, 0.6) is 0 Å². The van der Waals surface area contributed by atoms with Gasteiger partial charge in [-0.25, -0.2) is 0 Å². The van der Waals surface area contributed by atoms with E-state index < -0.39 is 0 Å². The maximum Gasteiger partial charge on any atom is 0.257 e. The molecule has 0 fully saturated rings. The summed E-state index contributed by atoms with van der Waals surface area (Å²) in [5.41, 5.74) is -0.0331. The second kappa shape index (κ2) is 5.25. The molecule has 0 spiro atoms. The number of benzene rings is 1. The van der Waals surface area contributed by atoms with Gasteiger partial charge in [-0.1, -0.05) is 39.0 Å². The first kappa shape index (κ1) is 12.7. The molecule has 0 saturated carbocycles. The van der Waals surface area contributed by atoms with Crippen LogP contribution in [0.1, 0.15) is 27.2 Å². The largest absolute Gasteiger partial charge is 0.369 e. The average molecular weight is 244 g/mol. The highest BCUT2D eigenvalue weighted by Crippen LogP contribution is 2.16. The topological polar surface area (TPSA) is 44.9 Å². The minimum atomic E-state index is -0.0331. The van der Waals surface area contributed by atoms with Crippen LogP contribution >= 0.6 is 0 Å². The van der Waals surface area contributed by atoms with Crippen LogP contribution in [0, 0.1) is 5.92 Å². The number of anilines is 1. The van der Waals surface area contributed by atoms with E-state index in [1.165, 1.54) is 0 Å². The van der Waals surface area contributed by atoms with Gasteiger partial charge in [0.1, 0.15) is 5.82 Å². The zero-order valence-corrected chi connectivity index (χ0v) is 11.2. The van der Waals surface area contributed by atoms with Crippen molar-refractivity contribution in [2.75, 3.05) is 5.32 Å². The lowest BCUT2D eigenvalue weighted by atomic mass is 10.0. The molecule has 1 atom stereocenters. The third kappa shape index (κ3) is 2.55. The molecule has 0 saturated heterocycles. The normalized spacial score (nSPS) is 12.9. The van der Waals surface area contributed by atoms with Gasteiger partial charge in [-0.05, 0) is 29.9 Å². The Labute approximate surface area is 107 Å². The lowest BCUT2D eigenvalue weighted by Crippen LogP contribution is -2.26. The zero-order valence-electron chi connectivity index (χ0n) is 11.2. The fraction of sp³-hybridized carbons (Fsp3) is 0.400. The lowest BCUT2D eigenvalue weighted by molar-refractivity contribution is 0.510. The number of H-pyrrole nitrogens is 1. The maximum absolute atomic E-state index is 11.9. The fourth-order valence-electron chi connectivity index (χ4n) is 2.23. The predicted octanol–water partition coefficient (Wildman–Crippen LogP) is 3.37. The molecule has 2 aromatic rings. The molecule has 0 aliphatic rings. The van der Waals surface area contributed by atoms with E-state index in [0.717, 1.165) is 23.0 Å². The number of aromatic amines is 1. The zero-order chi connectivity index (χ0) is 13.1. The minimum absolute atomic E-state index is 0.0331. The number of fused-ring (bicyclic) bond motifs is 1. The molecule has 1 aromatic heterocycles. The molecule has 0 amide bonds. The van der Waals surface area contributed by atoms with E-state index in [1.807, 2.05) is 30.3 Å². The van der Waals surface area contributed by atoms with Crippen molar-refractivity contribution in [1.29, 1.82) is 0 Å². The van der Waals surface area contributed by atoms with Crippen LogP contribution in [0.3, 0.4) is 0 Å². The molecule has 18 heavy (non-hydrogen) atoms. The number of pyridine rings is 1. The quantitative estimate of drug-likeness (QED) is 0.866. The summed E-state index contributed by atoms with van der Waals surface area (Å²) in [7, 11) is 0. The monoisotopic (exact) mass is 244 g/mol. The van der Waals surface area contributed by atoms with Crippen molar-refractivity contribution in [3.05, 3.63) is 40.7 Å². The average Bonchev–Trinajstić information content (AvgIpc) is 2.35. The van der Waals surface area contributed by atoms with Crippen LogP contribution in [0.25, 0.3) is 10.8 Å². The number of aromatic nitrogens is 1. The highest BCUT2D eigenvalue weighted by Gasteiger charge is 2.11. The number of nitrogens with one attached hydrogen (secondary N) is 2. The molecular formula is C15H20N2O. The van der Waals surface area contributed by atoms with E-state index in [0.29, 0.717) is 12.0 Å². The standard InChI is InChI=1S/C15H20N2O/c1-4-13(10(2)3)16-14-9-11-7-5-6-8-12(11)15(18)17-14/h5-10,13H,4H2,1-3H3,(H2,16,17,18). The van der Waals surface area contributed by atoms with Crippen LogP contribution < -0.4 is 10.9 Å². The summed E-state index contributed by atoms with van der Waals surface area (Å²) in [4.78, 5) is 14.8. The van der Waals surface area contributed by atoms with Gasteiger partial charge < -0.3 is 10.3 Å². The van der Waals surface area contributed by atoms with Gasteiger partial charge in [0.25, 0.3) is 5.56 Å². The maximum atomic E-state index is 11.9. The fourth-order valence-corrected chi connectivity index (χ4v) is 2.23. The summed E-state index contributed by atoms with van der Waals surface area (Å²) in [6.45, 7) is 6.51. The van der Waals surface area contributed by atoms with Gasteiger partial charge >= 0.3 is 0 Å². The molecule has 1 unspecified atom stereocenters. The highest BCUT2D eigenvalue weighted by molar-refractivity contribution is 5.83. The van der Waals surface area contributed by atoms with Crippen LogP contribution in [0.15, 0.2) is 35.1 Å². The summed E-state index contributed by atoms with van der Waals surface area (Å²) in [6, 6.07) is 10.0. The van der Waals surface area contributed by atoms with Crippen LogP contribution in [-0.2, 0) is 0 Å². The van der Waals surface area contributed by atoms with Crippen molar-refractivity contribution < 1.29 is 0 Å². The predicted molar refractivity (Wildman–Crippen MR) is 77.1 cm³/mol. The number of rotatable bonds is 4. The lowest BCUT2D eigenvalue weighted by Gasteiger charge is -2.21. The molecule has 2 rings (SSSR count). The summed E-state index contributed by atoms with van der Waals surface area (Å²) >= 11 is 0. The van der Waals surface area contributed by atoms with Crippen molar-refractivity contribution in [2.24, 2.45) is 5.92 Å². The Morgan fingerprint density at radius 3 is 2.67 bits per heavy atom. The van der Waals surface area contributed by atoms with Gasteiger partial charge in [-0.2, -0.15) is 0 Å². The summed E-state index contributed by atoms with van der Waals surface area (Å²) in [6.07, 6.45) is 1.03. The summed E-state index contributed by atoms with van der Waals surface area (Å²) in [5.74, 6) is 1.34. The van der Waals surface area contributed by atoms with Crippen LogP contribution in [-0.4, -0.2) is 11.0 Å². The number of hydrogen-bond acceptors (Lipinski definition) is 2. The van der Waals surface area contributed by atoms with Gasteiger partial charge in [0.15, 0.2) is 0 Å². The first-order valence-corrected chi connectivity index (χ1v) is 6.50. The van der Waals surface area contributed by atoms with Gasteiger partial charge in [0.2, 0.25) is 0 Å². The van der Waals surface area contributed by atoms with E-state index in [9.17, 15) is 4.79 Å². The molecular weight excluding hydrogens is 224 g/mol. The second-order valence-electron chi connectivity index (χ2n) is 5.00. The molecule has 3 heteroatoms. The molecule has 0 aliphatic heterocycles. The molecule has 2 N–H and O–H groups in total. The van der Waals surface area contributed by atoms with Gasteiger partial charge in [0.05, 0.1) is 0 Å². The smallest absolute Gasteiger partial charge is 0.257 e. The second-order valence-corrected chi connectivity index (χ2v) is 5.00. The van der Waals surface area contributed by atoms with Crippen molar-refractivity contribution in [3.63, 3.8) is 0 Å². The third-order valence-electron chi connectivity index (χ3n) is 3.34. The molecule has 0 radical (unpaired) electrons. The Kier molecular flexibility index (Phi) is 3.70. The van der Waals surface area contributed by atoms with Crippen molar-refractivity contribution in [1.82, 2.24) is 4.98 Å². The summed E-state index contributed by atoms with van der Waals surface area (Å²) < 4.78 is 0. The Morgan fingerprint density at radius 1 is 1.28 bits per heavy atom. The molecule has 3 nitrogen and oxygen atoms in total. The first-order valence-electron chi connectivity index (χ1n) is 6.50. The minimum Gasteiger partial charge on any atom is -0.369 e. The molecule has 0 bridgehead atoms. The van der Waals surface area contributed by atoms with Crippen LogP contribution in [0.4, 0.5) is 5.82 Å². The van der Waals surface area contributed by atoms with E-state index in [4.69, 9.17) is 0 Å². The van der Waals surface area contributed by atoms with Gasteiger partial charge in [0, 0.05) is 11.4 Å². The third-order valence-corrected chi connectivity index (χ3v) is 3.34. The van der Waals surface area contributed by atoms with Crippen molar-refractivity contribution in [2.45, 2.75) is 33.2 Å². The molecule has 1 aromatic carbocycles. The Balaban J connectivity index is 2.38. The SMILES string of the molecule is CCC(Nc1cc2ccccc2c(=O)[nH]1)C(C)C. The van der Waals surface area contributed by atoms with E-state index in [-0.39, 0.29) is 5.56 Å². The Bertz CT molecular complexity index is 586. The van der Waals surface area contributed by atoms with Gasteiger partial charge in [-0.3, -0.25) is 4.79 Å². The van der Waals surface area contributed by atoms with Gasteiger partial charge in [-0.15, -0.1) is 0 Å². The van der Waals surface area contributed by atoms with E-state index in [2.05, 4.69) is 31.1 Å². The molecule has 96 valence electrons.